The van der Waals surface area contributed by atoms with Gasteiger partial charge in [0.15, 0.2) is 0 Å². The van der Waals surface area contributed by atoms with Crippen LogP contribution in [-0.2, 0) is 9.59 Å². The van der Waals surface area contributed by atoms with Gasteiger partial charge in [-0.05, 0) is 37.5 Å². The van der Waals surface area contributed by atoms with Crippen LogP contribution in [0.3, 0.4) is 0 Å². The lowest BCUT2D eigenvalue weighted by atomic mass is 9.79. The summed E-state index contributed by atoms with van der Waals surface area (Å²) < 4.78 is 36.7. The van der Waals surface area contributed by atoms with E-state index in [2.05, 4.69) is 5.32 Å². The number of nitrogens with one attached hydrogen (secondary N) is 2. The molecule has 0 aliphatic rings. The molecule has 0 fully saturated rings. The normalized spacial score (nSPS) is 11.8. The maximum absolute atomic E-state index is 12.3. The van der Waals surface area contributed by atoms with Gasteiger partial charge in [-0.15, -0.1) is 0 Å². The molecular weight excluding hydrogens is 365 g/mol. The molecule has 0 saturated heterocycles. The molecule has 0 aliphatic heterocycles. The second-order valence-corrected chi connectivity index (χ2v) is 6.35. The van der Waals surface area contributed by atoms with Crippen LogP contribution in [0.2, 0.25) is 0 Å². The fourth-order valence-corrected chi connectivity index (χ4v) is 2.56. The number of hydrogen-bond donors (Lipinski definition) is 3. The maximum Gasteiger partial charge on any atom is 0.405 e. The number of carbonyl (C=O) groups is 3. The van der Waals surface area contributed by atoms with Crippen LogP contribution < -0.4 is 10.6 Å². The second kappa shape index (κ2) is 8.88. The summed E-state index contributed by atoms with van der Waals surface area (Å²) in [5.74, 6) is -2.54. The van der Waals surface area contributed by atoms with Crippen LogP contribution in [-0.4, -0.2) is 35.6 Å². The minimum absolute atomic E-state index is 0.0457. The highest BCUT2D eigenvalue weighted by molar-refractivity contribution is 5.98. The molecule has 1 aromatic carbocycles. The quantitative estimate of drug-likeness (QED) is 0.635. The Balaban J connectivity index is 2.93. The van der Waals surface area contributed by atoms with Gasteiger partial charge in [0.1, 0.15) is 6.54 Å². The minimum atomic E-state index is -4.53. The van der Waals surface area contributed by atoms with Gasteiger partial charge in [-0.25, -0.2) is 0 Å². The zero-order valence-corrected chi connectivity index (χ0v) is 15.4. The lowest BCUT2D eigenvalue weighted by Gasteiger charge is -2.26. The van der Waals surface area contributed by atoms with E-state index in [1.165, 1.54) is 18.2 Å². The summed E-state index contributed by atoms with van der Waals surface area (Å²) in [7, 11) is 0. The summed E-state index contributed by atoms with van der Waals surface area (Å²) in [5, 5.41) is 13.7. The van der Waals surface area contributed by atoms with Gasteiger partial charge >= 0.3 is 12.1 Å². The van der Waals surface area contributed by atoms with Gasteiger partial charge in [-0.1, -0.05) is 19.9 Å². The van der Waals surface area contributed by atoms with Crippen molar-refractivity contribution in [1.82, 2.24) is 5.32 Å². The van der Waals surface area contributed by atoms with E-state index < -0.39 is 35.9 Å². The second-order valence-electron chi connectivity index (χ2n) is 6.35. The van der Waals surface area contributed by atoms with E-state index in [0.717, 1.165) is 0 Å². The Bertz CT molecular complexity index is 713. The first kappa shape index (κ1) is 22.5. The third kappa shape index (κ3) is 6.26. The number of carboxylic acids is 1. The molecule has 0 heterocycles. The van der Waals surface area contributed by atoms with Crippen molar-refractivity contribution in [3.05, 3.63) is 29.3 Å². The molecule has 0 atom stereocenters. The van der Waals surface area contributed by atoms with Crippen LogP contribution in [0.25, 0.3) is 0 Å². The lowest BCUT2D eigenvalue weighted by Crippen LogP contribution is -2.34. The van der Waals surface area contributed by atoms with E-state index >= 15 is 0 Å². The van der Waals surface area contributed by atoms with Crippen LogP contribution in [0, 0.1) is 12.3 Å². The Morgan fingerprint density at radius 3 is 2.19 bits per heavy atom. The predicted octanol–water partition coefficient (Wildman–Crippen LogP) is 3.51. The molecule has 0 aromatic heterocycles. The van der Waals surface area contributed by atoms with Crippen molar-refractivity contribution in [2.24, 2.45) is 5.41 Å². The number of carbonyl (C=O) groups excluding carboxylic acids is 2. The number of anilines is 1. The standard InChI is InChI=1S/C18H23F3N2O4/c1-4-17(5-2,16(26)27)9-14(24)23-13-8-12(7-6-11(13)3)15(25)22-10-18(19,20)21/h6-8H,4-5,9-10H2,1-3H3,(H,22,25)(H,23,24)(H,26,27). The number of benzene rings is 1. The van der Waals surface area contributed by atoms with Crippen LogP contribution in [0.1, 0.15) is 49.0 Å². The number of aryl methyl sites for hydroxylation is 1. The zero-order valence-electron chi connectivity index (χ0n) is 15.4. The first-order valence-electron chi connectivity index (χ1n) is 8.43. The Kier molecular flexibility index (Phi) is 7.38. The zero-order chi connectivity index (χ0) is 20.8. The molecule has 9 heteroatoms. The molecule has 150 valence electrons. The molecule has 0 radical (unpaired) electrons. The largest absolute Gasteiger partial charge is 0.481 e. The summed E-state index contributed by atoms with van der Waals surface area (Å²) in [6, 6.07) is 4.10. The Hall–Kier alpha value is -2.58. The predicted molar refractivity (Wildman–Crippen MR) is 93.5 cm³/mol. The molecule has 2 amide bonds. The van der Waals surface area contributed by atoms with Gasteiger partial charge in [0.05, 0.1) is 5.41 Å². The van der Waals surface area contributed by atoms with E-state index in [-0.39, 0.29) is 30.5 Å². The Morgan fingerprint density at radius 2 is 1.70 bits per heavy atom. The van der Waals surface area contributed by atoms with Crippen molar-refractivity contribution in [3.63, 3.8) is 0 Å². The molecule has 1 rings (SSSR count). The average Bonchev–Trinajstić information content (AvgIpc) is 2.58. The van der Waals surface area contributed by atoms with Crippen molar-refractivity contribution in [1.29, 1.82) is 0 Å². The first-order valence-corrected chi connectivity index (χ1v) is 8.43. The highest BCUT2D eigenvalue weighted by atomic mass is 19.4. The molecule has 27 heavy (non-hydrogen) atoms. The summed E-state index contributed by atoms with van der Waals surface area (Å²) in [5.41, 5.74) is -0.411. The number of carboxylic acid groups (broad SMARTS) is 1. The molecular formula is C18H23F3N2O4. The fourth-order valence-electron chi connectivity index (χ4n) is 2.56. The van der Waals surface area contributed by atoms with E-state index in [0.29, 0.717) is 5.56 Å². The first-order chi connectivity index (χ1) is 12.4. The third-order valence-corrected chi connectivity index (χ3v) is 4.53. The SMILES string of the molecule is CCC(CC)(CC(=O)Nc1cc(C(=O)NCC(F)(F)F)ccc1C)C(=O)O. The van der Waals surface area contributed by atoms with E-state index in [9.17, 15) is 32.7 Å². The molecule has 6 nitrogen and oxygen atoms in total. The minimum Gasteiger partial charge on any atom is -0.481 e. The number of hydrogen-bond acceptors (Lipinski definition) is 3. The summed E-state index contributed by atoms with van der Waals surface area (Å²) in [4.78, 5) is 35.7. The molecule has 0 aliphatic carbocycles. The van der Waals surface area contributed by atoms with E-state index in [1.54, 1.807) is 26.1 Å². The molecule has 0 bridgehead atoms. The Labute approximate surface area is 155 Å². The fraction of sp³-hybridized carbons (Fsp3) is 0.500. The molecule has 0 unspecified atom stereocenters. The molecule has 0 saturated carbocycles. The van der Waals surface area contributed by atoms with Crippen molar-refractivity contribution >= 4 is 23.5 Å². The third-order valence-electron chi connectivity index (χ3n) is 4.53. The van der Waals surface area contributed by atoms with Gasteiger partial charge in [-0.3, -0.25) is 14.4 Å². The van der Waals surface area contributed by atoms with Crippen molar-refractivity contribution in [3.8, 4) is 0 Å². The number of aliphatic carboxylic acids is 1. The van der Waals surface area contributed by atoms with Crippen LogP contribution in [0.15, 0.2) is 18.2 Å². The van der Waals surface area contributed by atoms with Crippen molar-refractivity contribution in [2.75, 3.05) is 11.9 Å². The van der Waals surface area contributed by atoms with Crippen molar-refractivity contribution < 1.29 is 32.7 Å². The van der Waals surface area contributed by atoms with E-state index in [4.69, 9.17) is 0 Å². The van der Waals surface area contributed by atoms with Crippen molar-refractivity contribution in [2.45, 2.75) is 46.2 Å². The molecule has 1 aromatic rings. The Morgan fingerprint density at radius 1 is 1.11 bits per heavy atom. The average molecular weight is 388 g/mol. The maximum atomic E-state index is 12.3. The molecule has 3 N–H and O–H groups in total. The van der Waals surface area contributed by atoms with Crippen LogP contribution >= 0.6 is 0 Å². The van der Waals surface area contributed by atoms with Gasteiger partial charge < -0.3 is 15.7 Å². The van der Waals surface area contributed by atoms with Gasteiger partial charge in [-0.2, -0.15) is 13.2 Å². The highest BCUT2D eigenvalue weighted by Gasteiger charge is 2.37. The van der Waals surface area contributed by atoms with Gasteiger partial charge in [0.25, 0.3) is 5.91 Å². The lowest BCUT2D eigenvalue weighted by molar-refractivity contribution is -0.151. The topological polar surface area (TPSA) is 95.5 Å². The van der Waals surface area contributed by atoms with Gasteiger partial charge in [0.2, 0.25) is 5.91 Å². The number of amides is 2. The van der Waals surface area contributed by atoms with Gasteiger partial charge in [0, 0.05) is 17.7 Å². The van der Waals surface area contributed by atoms with Crippen LogP contribution in [0.5, 0.6) is 0 Å². The monoisotopic (exact) mass is 388 g/mol. The molecule has 0 spiro atoms. The number of halogens is 3. The van der Waals surface area contributed by atoms with E-state index in [1.807, 2.05) is 0 Å². The number of rotatable bonds is 8. The highest BCUT2D eigenvalue weighted by Crippen LogP contribution is 2.31. The smallest absolute Gasteiger partial charge is 0.405 e. The van der Waals surface area contributed by atoms with Crippen LogP contribution in [0.4, 0.5) is 18.9 Å². The summed E-state index contributed by atoms with van der Waals surface area (Å²) in [6.07, 6.45) is -4.24. The summed E-state index contributed by atoms with van der Waals surface area (Å²) >= 11 is 0. The number of alkyl halides is 3. The summed E-state index contributed by atoms with van der Waals surface area (Å²) in [6.45, 7) is 3.55.